The minimum absolute atomic E-state index is 0. The third-order valence-electron chi connectivity index (χ3n) is 2.88. The highest BCUT2D eigenvalue weighted by Gasteiger charge is 2.22. The summed E-state index contributed by atoms with van der Waals surface area (Å²) in [6.45, 7) is 0.975. The highest BCUT2D eigenvalue weighted by atomic mass is 35.5. The molecule has 0 saturated carbocycles. The van der Waals surface area contributed by atoms with Crippen molar-refractivity contribution in [1.82, 2.24) is 15.5 Å². The summed E-state index contributed by atoms with van der Waals surface area (Å²) in [5.74, 6) is 0.725. The number of rotatable bonds is 2. The summed E-state index contributed by atoms with van der Waals surface area (Å²) in [7, 11) is 0. The van der Waals surface area contributed by atoms with E-state index in [9.17, 15) is 4.39 Å². The van der Waals surface area contributed by atoms with E-state index in [1.165, 1.54) is 12.1 Å². The number of hydrogen-bond donors (Lipinski definition) is 1. The van der Waals surface area contributed by atoms with Gasteiger partial charge in [-0.2, -0.15) is 4.98 Å². The van der Waals surface area contributed by atoms with Gasteiger partial charge in [0.2, 0.25) is 11.7 Å². The van der Waals surface area contributed by atoms with Crippen LogP contribution in [0.4, 0.5) is 4.39 Å². The summed E-state index contributed by atoms with van der Waals surface area (Å²) in [5, 5.41) is 7.16. The van der Waals surface area contributed by atoms with Gasteiger partial charge in [0.05, 0.1) is 6.04 Å². The van der Waals surface area contributed by atoms with Gasteiger partial charge in [0, 0.05) is 5.56 Å². The highest BCUT2D eigenvalue weighted by Crippen LogP contribution is 2.24. The highest BCUT2D eigenvalue weighted by molar-refractivity contribution is 5.85. The molecule has 1 saturated heterocycles. The zero-order valence-electron chi connectivity index (χ0n) is 9.60. The van der Waals surface area contributed by atoms with Gasteiger partial charge in [-0.15, -0.1) is 12.4 Å². The predicted molar refractivity (Wildman–Crippen MR) is 66.9 cm³/mol. The Labute approximate surface area is 110 Å². The molecule has 2 heterocycles. The van der Waals surface area contributed by atoms with Crippen LogP contribution in [-0.4, -0.2) is 16.7 Å². The molecule has 96 valence electrons. The largest absolute Gasteiger partial charge is 0.337 e. The third-order valence-corrected chi connectivity index (χ3v) is 2.88. The molecule has 1 fully saturated rings. The lowest BCUT2D eigenvalue weighted by atomic mass is 10.2. The lowest BCUT2D eigenvalue weighted by molar-refractivity contribution is 0.345. The summed E-state index contributed by atoms with van der Waals surface area (Å²) < 4.78 is 18.3. The van der Waals surface area contributed by atoms with Crippen LogP contribution in [0.15, 0.2) is 28.8 Å². The summed E-state index contributed by atoms with van der Waals surface area (Å²) in [4.78, 5) is 4.30. The zero-order chi connectivity index (χ0) is 11.7. The van der Waals surface area contributed by atoms with Crippen molar-refractivity contribution in [2.75, 3.05) is 6.54 Å². The molecule has 2 aromatic rings. The minimum atomic E-state index is -0.298. The first-order valence-electron chi connectivity index (χ1n) is 5.66. The van der Waals surface area contributed by atoms with Gasteiger partial charge in [-0.05, 0) is 31.5 Å². The SMILES string of the molecule is Cl.Fc1cccc(-c2noc([C@H]3CCCN3)n2)c1. The van der Waals surface area contributed by atoms with Crippen molar-refractivity contribution >= 4 is 12.4 Å². The lowest BCUT2D eigenvalue weighted by Gasteiger charge is -2.01. The standard InChI is InChI=1S/C12H12FN3O.ClH/c13-9-4-1-3-8(7-9)11-15-12(17-16-11)10-5-2-6-14-10;/h1,3-4,7,10,14H,2,5-6H2;1H/t10-;/m1./s1. The Morgan fingerprint density at radius 2 is 2.28 bits per heavy atom. The number of benzene rings is 1. The normalized spacial score (nSPS) is 18.6. The Morgan fingerprint density at radius 1 is 1.39 bits per heavy atom. The van der Waals surface area contributed by atoms with Crippen LogP contribution in [0.5, 0.6) is 0 Å². The van der Waals surface area contributed by atoms with E-state index in [1.54, 1.807) is 12.1 Å². The number of nitrogens with zero attached hydrogens (tertiary/aromatic N) is 2. The van der Waals surface area contributed by atoms with Gasteiger partial charge in [0.15, 0.2) is 0 Å². The van der Waals surface area contributed by atoms with Crippen molar-refractivity contribution in [1.29, 1.82) is 0 Å². The molecule has 6 heteroatoms. The first-order valence-corrected chi connectivity index (χ1v) is 5.66. The molecule has 0 unspecified atom stereocenters. The van der Waals surface area contributed by atoms with Gasteiger partial charge in [0.1, 0.15) is 5.82 Å². The van der Waals surface area contributed by atoms with E-state index in [-0.39, 0.29) is 24.3 Å². The predicted octanol–water partition coefficient (Wildman–Crippen LogP) is 2.72. The fourth-order valence-corrected chi connectivity index (χ4v) is 2.02. The summed E-state index contributed by atoms with van der Waals surface area (Å²) in [5.41, 5.74) is 0.637. The molecular formula is C12H13ClFN3O. The quantitative estimate of drug-likeness (QED) is 0.911. The molecular weight excluding hydrogens is 257 g/mol. The fraction of sp³-hybridized carbons (Fsp3) is 0.333. The maximum absolute atomic E-state index is 13.1. The van der Waals surface area contributed by atoms with E-state index >= 15 is 0 Å². The summed E-state index contributed by atoms with van der Waals surface area (Å²) in [6, 6.07) is 6.33. The molecule has 0 amide bonds. The second-order valence-corrected chi connectivity index (χ2v) is 4.12. The summed E-state index contributed by atoms with van der Waals surface area (Å²) >= 11 is 0. The average Bonchev–Trinajstić information content (AvgIpc) is 3.00. The Morgan fingerprint density at radius 3 is 3.00 bits per heavy atom. The Hall–Kier alpha value is -1.46. The number of nitrogens with one attached hydrogen (secondary N) is 1. The van der Waals surface area contributed by atoms with Crippen molar-refractivity contribution in [2.24, 2.45) is 0 Å². The van der Waals surface area contributed by atoms with Gasteiger partial charge in [-0.25, -0.2) is 4.39 Å². The van der Waals surface area contributed by atoms with E-state index in [2.05, 4.69) is 15.5 Å². The molecule has 0 bridgehead atoms. The van der Waals surface area contributed by atoms with Gasteiger partial charge in [-0.1, -0.05) is 17.3 Å². The number of halogens is 2. The van der Waals surface area contributed by atoms with Crippen LogP contribution in [-0.2, 0) is 0 Å². The van der Waals surface area contributed by atoms with Crippen molar-refractivity contribution in [2.45, 2.75) is 18.9 Å². The van der Waals surface area contributed by atoms with E-state index in [1.807, 2.05) is 0 Å². The zero-order valence-corrected chi connectivity index (χ0v) is 10.4. The topological polar surface area (TPSA) is 51.0 Å². The molecule has 3 rings (SSSR count). The lowest BCUT2D eigenvalue weighted by Crippen LogP contribution is -2.12. The van der Waals surface area contributed by atoms with Crippen molar-refractivity contribution < 1.29 is 8.91 Å². The first-order chi connectivity index (χ1) is 8.33. The molecule has 0 spiro atoms. The molecule has 4 nitrogen and oxygen atoms in total. The van der Waals surface area contributed by atoms with Crippen LogP contribution in [0, 0.1) is 5.82 Å². The molecule has 1 N–H and O–H groups in total. The Bertz CT molecular complexity index is 526. The van der Waals surface area contributed by atoms with Gasteiger partial charge in [0.25, 0.3) is 0 Å². The Balaban J connectivity index is 0.00000120. The monoisotopic (exact) mass is 269 g/mol. The van der Waals surface area contributed by atoms with E-state index in [0.717, 1.165) is 19.4 Å². The van der Waals surface area contributed by atoms with Crippen LogP contribution in [0.2, 0.25) is 0 Å². The molecule has 1 aromatic heterocycles. The van der Waals surface area contributed by atoms with Crippen LogP contribution in [0.25, 0.3) is 11.4 Å². The van der Waals surface area contributed by atoms with Crippen molar-refractivity contribution in [3.63, 3.8) is 0 Å². The Kier molecular flexibility index (Phi) is 3.93. The van der Waals surface area contributed by atoms with Gasteiger partial charge in [-0.3, -0.25) is 0 Å². The van der Waals surface area contributed by atoms with Crippen molar-refractivity contribution in [3.05, 3.63) is 36.0 Å². The maximum atomic E-state index is 13.1. The van der Waals surface area contributed by atoms with Crippen LogP contribution < -0.4 is 5.32 Å². The molecule has 18 heavy (non-hydrogen) atoms. The average molecular weight is 270 g/mol. The van der Waals surface area contributed by atoms with Crippen LogP contribution in [0.3, 0.4) is 0 Å². The van der Waals surface area contributed by atoms with Crippen LogP contribution >= 0.6 is 12.4 Å². The maximum Gasteiger partial charge on any atom is 0.244 e. The third kappa shape index (κ3) is 2.52. The number of aromatic nitrogens is 2. The molecule has 0 radical (unpaired) electrons. The minimum Gasteiger partial charge on any atom is -0.337 e. The molecule has 0 aliphatic carbocycles. The second-order valence-electron chi connectivity index (χ2n) is 4.12. The van der Waals surface area contributed by atoms with E-state index in [4.69, 9.17) is 4.52 Å². The van der Waals surface area contributed by atoms with Crippen LogP contribution in [0.1, 0.15) is 24.8 Å². The molecule has 1 aliphatic rings. The fourth-order valence-electron chi connectivity index (χ4n) is 2.02. The number of hydrogen-bond acceptors (Lipinski definition) is 4. The first kappa shape index (κ1) is 13.0. The van der Waals surface area contributed by atoms with Gasteiger partial charge >= 0.3 is 0 Å². The van der Waals surface area contributed by atoms with E-state index in [0.29, 0.717) is 17.3 Å². The molecule has 1 aliphatic heterocycles. The smallest absolute Gasteiger partial charge is 0.244 e. The van der Waals surface area contributed by atoms with E-state index < -0.39 is 0 Å². The molecule has 1 atom stereocenters. The molecule has 1 aromatic carbocycles. The second kappa shape index (κ2) is 5.46. The van der Waals surface area contributed by atoms with Gasteiger partial charge < -0.3 is 9.84 Å². The van der Waals surface area contributed by atoms with Crippen molar-refractivity contribution in [3.8, 4) is 11.4 Å². The summed E-state index contributed by atoms with van der Waals surface area (Å²) in [6.07, 6.45) is 2.12.